The molecular formula is C18H23F2N. The lowest BCUT2D eigenvalue weighted by Crippen LogP contribution is -2.48. The topological polar surface area (TPSA) is 26.0 Å². The van der Waals surface area contributed by atoms with Crippen molar-refractivity contribution >= 4 is 0 Å². The molecule has 21 heavy (non-hydrogen) atoms. The van der Waals surface area contributed by atoms with E-state index in [1.54, 1.807) is 6.92 Å². The smallest absolute Gasteiger partial charge is 0.128 e. The molecule has 0 radical (unpaired) electrons. The molecule has 0 saturated heterocycles. The van der Waals surface area contributed by atoms with Crippen LogP contribution in [0.15, 0.2) is 12.1 Å². The van der Waals surface area contributed by atoms with Gasteiger partial charge in [0, 0.05) is 11.6 Å². The van der Waals surface area contributed by atoms with E-state index in [-0.39, 0.29) is 17.7 Å². The quantitative estimate of drug-likeness (QED) is 0.861. The molecule has 1 aromatic rings. The number of nitrogens with two attached hydrogens (primary N) is 1. The van der Waals surface area contributed by atoms with Crippen LogP contribution in [-0.4, -0.2) is 0 Å². The minimum atomic E-state index is -0.352. The second-order valence-corrected chi connectivity index (χ2v) is 7.66. The highest BCUT2D eigenvalue weighted by Gasteiger charge is 2.50. The molecular weight excluding hydrogens is 268 g/mol. The third kappa shape index (κ3) is 2.12. The lowest BCUT2D eigenvalue weighted by atomic mass is 9.50. The van der Waals surface area contributed by atoms with E-state index in [9.17, 15) is 8.78 Å². The lowest BCUT2D eigenvalue weighted by Gasteiger charge is -2.56. The van der Waals surface area contributed by atoms with Crippen molar-refractivity contribution in [3.05, 3.63) is 34.9 Å². The summed E-state index contributed by atoms with van der Waals surface area (Å²) in [7, 11) is 0. The molecule has 4 fully saturated rings. The van der Waals surface area contributed by atoms with Crippen LogP contribution in [0.4, 0.5) is 8.78 Å². The van der Waals surface area contributed by atoms with Crippen molar-refractivity contribution in [2.75, 3.05) is 0 Å². The molecule has 0 spiro atoms. The second kappa shape index (κ2) is 4.77. The summed E-state index contributed by atoms with van der Waals surface area (Å²) in [5.74, 6) is 2.65. The minimum Gasteiger partial charge on any atom is -0.324 e. The number of hydrogen-bond donors (Lipinski definition) is 1. The van der Waals surface area contributed by atoms with Crippen LogP contribution in [0.3, 0.4) is 0 Å². The molecule has 0 amide bonds. The molecule has 3 heteroatoms. The van der Waals surface area contributed by atoms with Crippen LogP contribution in [0.5, 0.6) is 0 Å². The highest BCUT2D eigenvalue weighted by molar-refractivity contribution is 5.28. The summed E-state index contributed by atoms with van der Waals surface area (Å²) in [6, 6.07) is 2.27. The molecule has 5 rings (SSSR count). The molecule has 1 unspecified atom stereocenters. The zero-order valence-electron chi connectivity index (χ0n) is 12.5. The summed E-state index contributed by atoms with van der Waals surface area (Å²) in [5.41, 5.74) is 7.17. The Labute approximate surface area is 124 Å². The fraction of sp³-hybridized carbons (Fsp3) is 0.667. The van der Waals surface area contributed by atoms with Gasteiger partial charge >= 0.3 is 0 Å². The largest absolute Gasteiger partial charge is 0.324 e. The SMILES string of the molecule is Cc1cc(F)c(C(N)C2C3CC4CC(C3)CC2C4)cc1F. The fourth-order valence-electron chi connectivity index (χ4n) is 5.68. The molecule has 2 N–H and O–H groups in total. The molecule has 4 bridgehead atoms. The summed E-state index contributed by atoms with van der Waals surface area (Å²) >= 11 is 0. The van der Waals surface area contributed by atoms with Gasteiger partial charge in [-0.3, -0.25) is 0 Å². The zero-order chi connectivity index (χ0) is 14.7. The van der Waals surface area contributed by atoms with E-state index in [4.69, 9.17) is 5.73 Å². The van der Waals surface area contributed by atoms with Gasteiger partial charge in [0.25, 0.3) is 0 Å². The van der Waals surface area contributed by atoms with Crippen LogP contribution < -0.4 is 5.73 Å². The monoisotopic (exact) mass is 291 g/mol. The molecule has 4 aliphatic carbocycles. The van der Waals surface area contributed by atoms with E-state index < -0.39 is 0 Å². The standard InChI is InChI=1S/C18H23F2N/c1-9-2-16(20)14(8-15(9)19)18(21)17-12-4-10-3-11(6-12)7-13(17)5-10/h2,8,10-13,17-18H,3-7,21H2,1H3. The van der Waals surface area contributed by atoms with Crippen LogP contribution in [0.2, 0.25) is 0 Å². The van der Waals surface area contributed by atoms with E-state index in [1.807, 2.05) is 0 Å². The first kappa shape index (κ1) is 13.7. The van der Waals surface area contributed by atoms with Crippen molar-refractivity contribution in [3.8, 4) is 0 Å². The maximum atomic E-state index is 14.3. The summed E-state index contributed by atoms with van der Waals surface area (Å²) in [5, 5.41) is 0. The number of halogens is 2. The van der Waals surface area contributed by atoms with Gasteiger partial charge in [0.1, 0.15) is 11.6 Å². The van der Waals surface area contributed by atoms with Crippen LogP contribution in [0.25, 0.3) is 0 Å². The first-order chi connectivity index (χ1) is 10.0. The first-order valence-electron chi connectivity index (χ1n) is 8.24. The van der Waals surface area contributed by atoms with E-state index >= 15 is 0 Å². The predicted octanol–water partition coefficient (Wildman–Crippen LogP) is 4.35. The van der Waals surface area contributed by atoms with Gasteiger partial charge in [-0.25, -0.2) is 8.78 Å². The van der Waals surface area contributed by atoms with Crippen LogP contribution in [0, 0.1) is 48.1 Å². The van der Waals surface area contributed by atoms with Crippen molar-refractivity contribution in [2.45, 2.75) is 45.1 Å². The summed E-state index contributed by atoms with van der Waals surface area (Å²) in [6.45, 7) is 1.59. The average Bonchev–Trinajstić information content (AvgIpc) is 2.41. The molecule has 0 aliphatic heterocycles. The average molecular weight is 291 g/mol. The number of benzene rings is 1. The highest BCUT2D eigenvalue weighted by atomic mass is 19.1. The van der Waals surface area contributed by atoms with E-state index in [2.05, 4.69) is 0 Å². The Balaban J connectivity index is 1.66. The van der Waals surface area contributed by atoms with Crippen LogP contribution >= 0.6 is 0 Å². The molecule has 1 aromatic carbocycles. The fourth-order valence-corrected chi connectivity index (χ4v) is 5.68. The third-order valence-corrected chi connectivity index (χ3v) is 6.35. The predicted molar refractivity (Wildman–Crippen MR) is 78.6 cm³/mol. The zero-order valence-corrected chi connectivity index (χ0v) is 12.5. The molecule has 114 valence electrons. The van der Waals surface area contributed by atoms with Gasteiger partial charge in [-0.1, -0.05) is 0 Å². The Morgan fingerprint density at radius 1 is 0.952 bits per heavy atom. The number of aryl methyl sites for hydroxylation is 1. The summed E-state index contributed by atoms with van der Waals surface area (Å²) in [4.78, 5) is 0. The van der Waals surface area contributed by atoms with Gasteiger partial charge < -0.3 is 5.73 Å². The Bertz CT molecular complexity index is 541. The van der Waals surface area contributed by atoms with Crippen molar-refractivity contribution in [3.63, 3.8) is 0 Å². The Hall–Kier alpha value is -0.960. The van der Waals surface area contributed by atoms with E-state index in [0.29, 0.717) is 28.9 Å². The van der Waals surface area contributed by atoms with E-state index in [0.717, 1.165) is 11.8 Å². The third-order valence-electron chi connectivity index (χ3n) is 6.35. The maximum absolute atomic E-state index is 14.3. The molecule has 0 heterocycles. The highest BCUT2D eigenvalue weighted by Crippen LogP contribution is 2.59. The normalized spacial score (nSPS) is 38.8. The second-order valence-electron chi connectivity index (χ2n) is 7.66. The summed E-state index contributed by atoms with van der Waals surface area (Å²) < 4.78 is 28.1. The molecule has 4 saturated carbocycles. The first-order valence-corrected chi connectivity index (χ1v) is 8.24. The van der Waals surface area contributed by atoms with E-state index in [1.165, 1.54) is 44.2 Å². The number of rotatable bonds is 2. The number of hydrogen-bond acceptors (Lipinski definition) is 1. The van der Waals surface area contributed by atoms with Gasteiger partial charge in [-0.2, -0.15) is 0 Å². The Kier molecular flexibility index (Phi) is 3.11. The summed E-state index contributed by atoms with van der Waals surface area (Å²) in [6.07, 6.45) is 6.40. The van der Waals surface area contributed by atoms with Crippen molar-refractivity contribution in [1.29, 1.82) is 0 Å². The molecule has 1 atom stereocenters. The van der Waals surface area contributed by atoms with Gasteiger partial charge in [-0.05, 0) is 86.3 Å². The molecule has 1 nitrogen and oxygen atoms in total. The Morgan fingerprint density at radius 3 is 2.10 bits per heavy atom. The van der Waals surface area contributed by atoms with Crippen molar-refractivity contribution in [2.24, 2.45) is 35.3 Å². The van der Waals surface area contributed by atoms with Gasteiger partial charge in [0.05, 0.1) is 0 Å². The molecule has 0 aromatic heterocycles. The van der Waals surface area contributed by atoms with Crippen LogP contribution in [-0.2, 0) is 0 Å². The molecule has 4 aliphatic rings. The van der Waals surface area contributed by atoms with Gasteiger partial charge in [-0.15, -0.1) is 0 Å². The van der Waals surface area contributed by atoms with Gasteiger partial charge in [0.15, 0.2) is 0 Å². The maximum Gasteiger partial charge on any atom is 0.128 e. The van der Waals surface area contributed by atoms with Crippen molar-refractivity contribution in [1.82, 2.24) is 0 Å². The van der Waals surface area contributed by atoms with Crippen molar-refractivity contribution < 1.29 is 8.78 Å². The van der Waals surface area contributed by atoms with Gasteiger partial charge in [0.2, 0.25) is 0 Å². The Morgan fingerprint density at radius 2 is 1.52 bits per heavy atom. The van der Waals surface area contributed by atoms with Crippen LogP contribution in [0.1, 0.15) is 49.3 Å². The minimum absolute atomic E-state index is 0.338. The lowest BCUT2D eigenvalue weighted by molar-refractivity contribution is -0.0475.